The Morgan fingerprint density at radius 1 is 1.20 bits per heavy atom. The summed E-state index contributed by atoms with van der Waals surface area (Å²) in [5, 5.41) is 17.0. The van der Waals surface area contributed by atoms with E-state index in [0.717, 1.165) is 5.56 Å². The summed E-state index contributed by atoms with van der Waals surface area (Å²) in [6.07, 6.45) is 0.829. The van der Waals surface area contributed by atoms with E-state index in [0.29, 0.717) is 6.42 Å². The van der Waals surface area contributed by atoms with Gasteiger partial charge in [0.05, 0.1) is 12.1 Å². The van der Waals surface area contributed by atoms with E-state index in [1.54, 1.807) is 12.1 Å². The van der Waals surface area contributed by atoms with Crippen LogP contribution in [-0.2, 0) is 11.2 Å². The van der Waals surface area contributed by atoms with Crippen molar-refractivity contribution in [3.8, 4) is 12.1 Å². The minimum Gasteiger partial charge on any atom is -0.297 e. The number of aryl methyl sites for hydroxylation is 1. The molecule has 0 spiro atoms. The second-order valence-electron chi connectivity index (χ2n) is 3.14. The molecule has 3 heteroatoms. The SMILES string of the molecule is N#CC(C#N)C(=O)CCc1ccccc1. The molecule has 15 heavy (non-hydrogen) atoms. The minimum atomic E-state index is -1.12. The number of ketones is 1. The molecular weight excluding hydrogens is 188 g/mol. The molecule has 74 valence electrons. The average Bonchev–Trinajstić information content (AvgIpc) is 2.29. The maximum absolute atomic E-state index is 11.3. The van der Waals surface area contributed by atoms with E-state index in [4.69, 9.17) is 10.5 Å². The van der Waals surface area contributed by atoms with Crippen molar-refractivity contribution in [2.45, 2.75) is 12.8 Å². The van der Waals surface area contributed by atoms with Gasteiger partial charge in [0.2, 0.25) is 0 Å². The molecule has 0 aliphatic carbocycles. The number of benzene rings is 1. The maximum Gasteiger partial charge on any atom is 0.191 e. The van der Waals surface area contributed by atoms with Crippen molar-refractivity contribution in [3.63, 3.8) is 0 Å². The van der Waals surface area contributed by atoms with E-state index in [-0.39, 0.29) is 12.2 Å². The molecule has 0 heterocycles. The van der Waals surface area contributed by atoms with Gasteiger partial charge in [0.15, 0.2) is 11.7 Å². The molecule has 0 aliphatic heterocycles. The van der Waals surface area contributed by atoms with Crippen LogP contribution in [0.1, 0.15) is 12.0 Å². The lowest BCUT2D eigenvalue weighted by atomic mass is 10.0. The number of Topliss-reactive ketones (excluding diaryl/α,β-unsaturated/α-hetero) is 1. The monoisotopic (exact) mass is 198 g/mol. The van der Waals surface area contributed by atoms with Gasteiger partial charge in [0.25, 0.3) is 0 Å². The largest absolute Gasteiger partial charge is 0.297 e. The molecule has 0 bridgehead atoms. The lowest BCUT2D eigenvalue weighted by molar-refractivity contribution is -0.119. The fourth-order valence-corrected chi connectivity index (χ4v) is 1.23. The molecule has 0 aromatic heterocycles. The van der Waals surface area contributed by atoms with E-state index in [1.807, 2.05) is 30.3 Å². The van der Waals surface area contributed by atoms with Gasteiger partial charge in [-0.05, 0) is 12.0 Å². The lowest BCUT2D eigenvalue weighted by Gasteiger charge is -2.00. The van der Waals surface area contributed by atoms with Crippen LogP contribution in [0.25, 0.3) is 0 Å². The second kappa shape index (κ2) is 5.57. The number of hydrogen-bond donors (Lipinski definition) is 0. The summed E-state index contributed by atoms with van der Waals surface area (Å²) in [5.74, 6) is -1.42. The Balaban J connectivity index is 2.49. The van der Waals surface area contributed by atoms with Crippen molar-refractivity contribution in [3.05, 3.63) is 35.9 Å². The Labute approximate surface area is 88.6 Å². The first-order chi connectivity index (χ1) is 7.27. The maximum atomic E-state index is 11.3. The summed E-state index contributed by atoms with van der Waals surface area (Å²) in [6, 6.07) is 12.9. The number of nitriles is 2. The topological polar surface area (TPSA) is 64.7 Å². The molecular formula is C12H10N2O. The van der Waals surface area contributed by atoms with E-state index < -0.39 is 5.92 Å². The lowest BCUT2D eigenvalue weighted by Crippen LogP contribution is -2.11. The molecule has 1 rings (SSSR count). The van der Waals surface area contributed by atoms with Crippen molar-refractivity contribution in [2.24, 2.45) is 5.92 Å². The van der Waals surface area contributed by atoms with Crippen molar-refractivity contribution in [1.82, 2.24) is 0 Å². The van der Waals surface area contributed by atoms with Crippen molar-refractivity contribution < 1.29 is 4.79 Å². The first kappa shape index (κ1) is 10.9. The molecule has 0 aliphatic rings. The van der Waals surface area contributed by atoms with Crippen LogP contribution < -0.4 is 0 Å². The average molecular weight is 198 g/mol. The summed E-state index contributed by atoms with van der Waals surface area (Å²) in [7, 11) is 0. The van der Waals surface area contributed by atoms with Gasteiger partial charge >= 0.3 is 0 Å². The molecule has 0 fully saturated rings. The zero-order valence-electron chi connectivity index (χ0n) is 8.18. The Bertz CT molecular complexity index is 397. The van der Waals surface area contributed by atoms with Crippen LogP contribution in [0.3, 0.4) is 0 Å². The van der Waals surface area contributed by atoms with Crippen molar-refractivity contribution in [1.29, 1.82) is 10.5 Å². The Morgan fingerprint density at radius 2 is 1.80 bits per heavy atom. The van der Waals surface area contributed by atoms with Gasteiger partial charge < -0.3 is 0 Å². The first-order valence-electron chi connectivity index (χ1n) is 4.64. The molecule has 1 aromatic rings. The van der Waals surface area contributed by atoms with Gasteiger partial charge in [-0.15, -0.1) is 0 Å². The summed E-state index contributed by atoms with van der Waals surface area (Å²) in [4.78, 5) is 11.3. The number of rotatable bonds is 4. The van der Waals surface area contributed by atoms with Crippen LogP contribution in [0.2, 0.25) is 0 Å². The first-order valence-corrected chi connectivity index (χ1v) is 4.64. The van der Waals surface area contributed by atoms with Crippen LogP contribution in [0.5, 0.6) is 0 Å². The highest BCUT2D eigenvalue weighted by molar-refractivity contribution is 5.85. The van der Waals surface area contributed by atoms with Crippen LogP contribution in [0, 0.1) is 28.6 Å². The second-order valence-corrected chi connectivity index (χ2v) is 3.14. The summed E-state index contributed by atoms with van der Waals surface area (Å²) in [5.41, 5.74) is 1.04. The predicted molar refractivity (Wildman–Crippen MR) is 54.5 cm³/mol. The molecule has 0 atom stereocenters. The van der Waals surface area contributed by atoms with Crippen molar-refractivity contribution >= 4 is 5.78 Å². The third kappa shape index (κ3) is 3.25. The highest BCUT2D eigenvalue weighted by Crippen LogP contribution is 2.06. The molecule has 1 aromatic carbocycles. The van der Waals surface area contributed by atoms with Gasteiger partial charge in [-0.2, -0.15) is 10.5 Å². The third-order valence-electron chi connectivity index (χ3n) is 2.08. The van der Waals surface area contributed by atoms with Crippen molar-refractivity contribution in [2.75, 3.05) is 0 Å². The zero-order valence-corrected chi connectivity index (χ0v) is 8.18. The number of nitrogens with zero attached hydrogens (tertiary/aromatic N) is 2. The molecule has 0 amide bonds. The fraction of sp³-hybridized carbons (Fsp3) is 0.250. The van der Waals surface area contributed by atoms with Gasteiger partial charge in [0.1, 0.15) is 0 Å². The smallest absolute Gasteiger partial charge is 0.191 e. The molecule has 0 N–H and O–H groups in total. The van der Waals surface area contributed by atoms with E-state index in [1.165, 1.54) is 0 Å². The molecule has 3 nitrogen and oxygen atoms in total. The third-order valence-corrected chi connectivity index (χ3v) is 2.08. The summed E-state index contributed by atoms with van der Waals surface area (Å²) < 4.78 is 0. The van der Waals surface area contributed by atoms with E-state index >= 15 is 0 Å². The minimum absolute atomic E-state index is 0.246. The Hall–Kier alpha value is -2.13. The predicted octanol–water partition coefficient (Wildman–Crippen LogP) is 1.85. The highest BCUT2D eigenvalue weighted by atomic mass is 16.1. The summed E-state index contributed by atoms with van der Waals surface area (Å²) >= 11 is 0. The summed E-state index contributed by atoms with van der Waals surface area (Å²) in [6.45, 7) is 0. The van der Waals surface area contributed by atoms with Gasteiger partial charge in [0, 0.05) is 6.42 Å². The van der Waals surface area contributed by atoms with E-state index in [9.17, 15) is 4.79 Å². The molecule has 0 saturated carbocycles. The van der Waals surface area contributed by atoms with Crippen LogP contribution in [-0.4, -0.2) is 5.78 Å². The highest BCUT2D eigenvalue weighted by Gasteiger charge is 2.15. The number of carbonyl (C=O) groups excluding carboxylic acids is 1. The molecule has 0 radical (unpaired) electrons. The van der Waals surface area contributed by atoms with Crippen LogP contribution >= 0.6 is 0 Å². The number of hydrogen-bond acceptors (Lipinski definition) is 3. The van der Waals surface area contributed by atoms with E-state index in [2.05, 4.69) is 0 Å². The fourth-order valence-electron chi connectivity index (χ4n) is 1.23. The molecule has 0 saturated heterocycles. The Kier molecular flexibility index (Phi) is 4.06. The standard InChI is InChI=1S/C12H10N2O/c13-8-11(9-14)12(15)7-6-10-4-2-1-3-5-10/h1-5,11H,6-7H2. The normalized spacial score (nSPS) is 9.27. The molecule has 0 unspecified atom stereocenters. The Morgan fingerprint density at radius 3 is 2.33 bits per heavy atom. The zero-order chi connectivity index (χ0) is 11.1. The van der Waals surface area contributed by atoms with Crippen LogP contribution in [0.15, 0.2) is 30.3 Å². The van der Waals surface area contributed by atoms with Crippen LogP contribution in [0.4, 0.5) is 0 Å². The van der Waals surface area contributed by atoms with Gasteiger partial charge in [-0.3, -0.25) is 4.79 Å². The van der Waals surface area contributed by atoms with Gasteiger partial charge in [-0.1, -0.05) is 30.3 Å². The van der Waals surface area contributed by atoms with Gasteiger partial charge in [-0.25, -0.2) is 0 Å². The quantitative estimate of drug-likeness (QED) is 0.741. The number of carbonyl (C=O) groups is 1.